The van der Waals surface area contributed by atoms with Crippen LogP contribution < -0.4 is 11.1 Å². The number of sulfone groups is 1. The van der Waals surface area contributed by atoms with E-state index >= 15 is 0 Å². The molecular formula is C18H21F3IN3O2S. The third kappa shape index (κ3) is 6.36. The van der Waals surface area contributed by atoms with E-state index in [9.17, 15) is 21.6 Å². The Morgan fingerprint density at radius 1 is 1.11 bits per heavy atom. The number of nitrogens with one attached hydrogen (secondary N) is 1. The summed E-state index contributed by atoms with van der Waals surface area (Å²) < 4.78 is 62.7. The smallest absolute Gasteiger partial charge is 0.370 e. The lowest BCUT2D eigenvalue weighted by Crippen LogP contribution is -2.22. The normalized spacial score (nSPS) is 12.4. The summed E-state index contributed by atoms with van der Waals surface area (Å²) in [5.41, 5.74) is 7.65. The molecule has 10 heteroatoms. The third-order valence-electron chi connectivity index (χ3n) is 3.96. The average molecular weight is 527 g/mol. The minimum Gasteiger partial charge on any atom is -0.370 e. The van der Waals surface area contributed by atoms with Crippen LogP contribution in [0, 0.1) is 13.8 Å². The lowest BCUT2D eigenvalue weighted by molar-refractivity contribution is -0.139. The first-order chi connectivity index (χ1) is 12.4. The van der Waals surface area contributed by atoms with Crippen LogP contribution in [0.1, 0.15) is 22.3 Å². The second-order valence-corrected chi connectivity index (χ2v) is 8.21. The van der Waals surface area contributed by atoms with E-state index in [0.717, 1.165) is 29.5 Å². The van der Waals surface area contributed by atoms with Crippen LogP contribution in [-0.4, -0.2) is 20.6 Å². The zero-order valence-electron chi connectivity index (χ0n) is 15.5. The summed E-state index contributed by atoms with van der Waals surface area (Å²) in [6.07, 6.45) is -4.05. The van der Waals surface area contributed by atoms with E-state index in [1.54, 1.807) is 0 Å². The van der Waals surface area contributed by atoms with Gasteiger partial charge in [-0.05, 0) is 54.8 Å². The summed E-state index contributed by atoms with van der Waals surface area (Å²) >= 11 is 0. The first-order valence-corrected chi connectivity index (χ1v) is 9.81. The van der Waals surface area contributed by atoms with E-state index in [-0.39, 0.29) is 42.0 Å². The Morgan fingerprint density at radius 2 is 1.75 bits per heavy atom. The first kappa shape index (κ1) is 24.2. The van der Waals surface area contributed by atoms with E-state index in [1.165, 1.54) is 6.07 Å². The van der Waals surface area contributed by atoms with E-state index in [0.29, 0.717) is 5.69 Å². The molecule has 0 spiro atoms. The lowest BCUT2D eigenvalue weighted by atomic mass is 10.1. The van der Waals surface area contributed by atoms with Crippen LogP contribution in [0.5, 0.6) is 0 Å². The molecule has 0 heterocycles. The van der Waals surface area contributed by atoms with Crippen molar-refractivity contribution in [3.63, 3.8) is 0 Å². The van der Waals surface area contributed by atoms with Crippen molar-refractivity contribution in [2.75, 3.05) is 11.6 Å². The second-order valence-electron chi connectivity index (χ2n) is 6.23. The van der Waals surface area contributed by atoms with Crippen molar-refractivity contribution >= 4 is 45.5 Å². The summed E-state index contributed by atoms with van der Waals surface area (Å²) in [4.78, 5) is 3.26. The first-order valence-electron chi connectivity index (χ1n) is 7.92. The molecule has 3 N–H and O–H groups in total. The summed E-state index contributed by atoms with van der Waals surface area (Å²) in [5.74, 6) is 0.0407. The average Bonchev–Trinajstić information content (AvgIpc) is 2.54. The van der Waals surface area contributed by atoms with Gasteiger partial charge in [0, 0.05) is 11.9 Å². The number of nitrogens with zero attached hydrogens (tertiary/aromatic N) is 1. The molecule has 2 aromatic rings. The van der Waals surface area contributed by atoms with Gasteiger partial charge in [-0.3, -0.25) is 0 Å². The molecule has 0 aromatic heterocycles. The van der Waals surface area contributed by atoms with Crippen molar-refractivity contribution in [3.05, 3.63) is 58.7 Å². The van der Waals surface area contributed by atoms with Crippen molar-refractivity contribution in [3.8, 4) is 0 Å². The number of benzene rings is 2. The zero-order chi connectivity index (χ0) is 20.4. The van der Waals surface area contributed by atoms with Crippen molar-refractivity contribution in [1.29, 1.82) is 0 Å². The Bertz CT molecular complexity index is 990. The largest absolute Gasteiger partial charge is 0.417 e. The molecule has 0 saturated heterocycles. The number of rotatable bonds is 4. The highest BCUT2D eigenvalue weighted by Gasteiger charge is 2.36. The molecule has 0 radical (unpaired) electrons. The molecule has 5 nitrogen and oxygen atoms in total. The maximum Gasteiger partial charge on any atom is 0.417 e. The summed E-state index contributed by atoms with van der Waals surface area (Å²) in [7, 11) is -4.01. The maximum atomic E-state index is 13.2. The molecule has 2 rings (SSSR count). The summed E-state index contributed by atoms with van der Waals surface area (Å²) in [5, 5.41) is 2.87. The quantitative estimate of drug-likeness (QED) is 0.354. The van der Waals surface area contributed by atoms with Gasteiger partial charge in [0.15, 0.2) is 15.8 Å². The van der Waals surface area contributed by atoms with Gasteiger partial charge in [-0.2, -0.15) is 13.2 Å². The van der Waals surface area contributed by atoms with Gasteiger partial charge in [0.2, 0.25) is 0 Å². The van der Waals surface area contributed by atoms with Crippen LogP contribution >= 0.6 is 24.0 Å². The molecule has 0 aliphatic carbocycles. The summed E-state index contributed by atoms with van der Waals surface area (Å²) in [6, 6.07) is 8.61. The van der Waals surface area contributed by atoms with E-state index in [1.807, 2.05) is 32.0 Å². The highest BCUT2D eigenvalue weighted by atomic mass is 127. The van der Waals surface area contributed by atoms with Crippen molar-refractivity contribution in [1.82, 2.24) is 0 Å². The molecule has 0 fully saturated rings. The Balaban J connectivity index is 0.00000392. The van der Waals surface area contributed by atoms with Crippen LogP contribution in [0.2, 0.25) is 0 Å². The number of halogens is 4. The van der Waals surface area contributed by atoms with Gasteiger partial charge in [0.25, 0.3) is 0 Å². The van der Waals surface area contributed by atoms with Gasteiger partial charge < -0.3 is 11.1 Å². The molecule has 0 aliphatic rings. The molecule has 0 atom stereocenters. The Kier molecular flexibility index (Phi) is 7.89. The number of anilines is 1. The molecule has 0 bridgehead atoms. The van der Waals surface area contributed by atoms with Crippen LogP contribution in [0.4, 0.5) is 18.9 Å². The number of nitrogens with two attached hydrogens (primary N) is 1. The topological polar surface area (TPSA) is 84.5 Å². The minimum atomic E-state index is -4.79. The number of hydrogen-bond acceptors (Lipinski definition) is 3. The fourth-order valence-electron chi connectivity index (χ4n) is 2.40. The molecule has 0 amide bonds. The lowest BCUT2D eigenvalue weighted by Gasteiger charge is -2.13. The number of alkyl halides is 3. The maximum absolute atomic E-state index is 13.2. The number of guanidine groups is 1. The predicted octanol–water partition coefficient (Wildman–Crippen LogP) is 4.27. The Hall–Kier alpha value is -1.82. The van der Waals surface area contributed by atoms with Crippen LogP contribution in [-0.2, 0) is 22.6 Å². The highest BCUT2D eigenvalue weighted by molar-refractivity contribution is 14.0. The molecule has 0 unspecified atom stereocenters. The van der Waals surface area contributed by atoms with Crippen molar-refractivity contribution in [2.45, 2.75) is 31.5 Å². The SMILES string of the molecule is Cc1ccc(NC(N)=NCc2ccc(S(C)(=O)=O)c(C(F)(F)F)c2)cc1C.I. The van der Waals surface area contributed by atoms with Crippen molar-refractivity contribution < 1.29 is 21.6 Å². The Labute approximate surface area is 179 Å². The van der Waals surface area contributed by atoms with Gasteiger partial charge in [-0.25, -0.2) is 13.4 Å². The molecule has 28 heavy (non-hydrogen) atoms. The van der Waals surface area contributed by atoms with E-state index < -0.39 is 26.5 Å². The van der Waals surface area contributed by atoms with Crippen LogP contribution in [0.3, 0.4) is 0 Å². The van der Waals surface area contributed by atoms with E-state index in [2.05, 4.69) is 10.3 Å². The molecule has 0 saturated carbocycles. The van der Waals surface area contributed by atoms with Crippen molar-refractivity contribution in [2.24, 2.45) is 10.7 Å². The number of aryl methyl sites for hydroxylation is 2. The summed E-state index contributed by atoms with van der Waals surface area (Å²) in [6.45, 7) is 3.78. The molecular weight excluding hydrogens is 506 g/mol. The Morgan fingerprint density at radius 3 is 2.29 bits per heavy atom. The second kappa shape index (κ2) is 9.12. The van der Waals surface area contributed by atoms with Gasteiger partial charge in [-0.15, -0.1) is 24.0 Å². The third-order valence-corrected chi connectivity index (χ3v) is 5.12. The van der Waals surface area contributed by atoms with Crippen LogP contribution in [0.15, 0.2) is 46.3 Å². The predicted molar refractivity (Wildman–Crippen MR) is 115 cm³/mol. The molecule has 2 aromatic carbocycles. The molecule has 0 aliphatic heterocycles. The standard InChI is InChI=1S/C18H20F3N3O2S.HI/c1-11-4-6-14(8-12(11)2)24-17(22)23-10-13-5-7-16(27(3,25)26)15(9-13)18(19,20)21;/h4-9H,10H2,1-3H3,(H3,22,23,24);1H. The van der Waals surface area contributed by atoms with Gasteiger partial charge >= 0.3 is 6.18 Å². The van der Waals surface area contributed by atoms with Crippen LogP contribution in [0.25, 0.3) is 0 Å². The fraction of sp³-hybridized carbons (Fsp3) is 0.278. The monoisotopic (exact) mass is 527 g/mol. The van der Waals surface area contributed by atoms with Gasteiger partial charge in [0.1, 0.15) is 0 Å². The van der Waals surface area contributed by atoms with Gasteiger partial charge in [0.05, 0.1) is 17.0 Å². The van der Waals surface area contributed by atoms with E-state index in [4.69, 9.17) is 5.73 Å². The zero-order valence-corrected chi connectivity index (χ0v) is 18.6. The highest BCUT2D eigenvalue weighted by Crippen LogP contribution is 2.35. The number of aliphatic imine (C=N–C) groups is 1. The fourth-order valence-corrected chi connectivity index (χ4v) is 3.29. The van der Waals surface area contributed by atoms with Gasteiger partial charge in [-0.1, -0.05) is 12.1 Å². The minimum absolute atomic E-state index is 0. The number of hydrogen-bond donors (Lipinski definition) is 2. The molecule has 154 valence electrons.